The van der Waals surface area contributed by atoms with Gasteiger partial charge in [0, 0.05) is 24.5 Å². The van der Waals surface area contributed by atoms with E-state index in [9.17, 15) is 26.4 Å². The number of carbonyl (C=O) groups is 1. The highest BCUT2D eigenvalue weighted by molar-refractivity contribution is 8.01. The molecule has 1 aromatic carbocycles. The predicted molar refractivity (Wildman–Crippen MR) is 105 cm³/mol. The Morgan fingerprint density at radius 1 is 1.29 bits per heavy atom. The summed E-state index contributed by atoms with van der Waals surface area (Å²) in [6.07, 6.45) is -5.05. The fourth-order valence-corrected chi connectivity index (χ4v) is 6.05. The van der Waals surface area contributed by atoms with Gasteiger partial charge in [-0.3, -0.25) is 9.69 Å². The van der Waals surface area contributed by atoms with Crippen LogP contribution in [0, 0.1) is 0 Å². The fourth-order valence-electron chi connectivity index (χ4n) is 2.61. The van der Waals surface area contributed by atoms with Crippen molar-refractivity contribution in [2.45, 2.75) is 16.9 Å². The van der Waals surface area contributed by atoms with Gasteiger partial charge < -0.3 is 5.32 Å². The third-order valence-corrected chi connectivity index (χ3v) is 7.84. The van der Waals surface area contributed by atoms with Crippen molar-refractivity contribution < 1.29 is 26.4 Å². The Kier molecular flexibility index (Phi) is 6.52. The number of benzene rings is 1. The summed E-state index contributed by atoms with van der Waals surface area (Å²) in [5, 5.41) is 2.77. The smallest absolute Gasteiger partial charge is 0.325 e. The van der Waals surface area contributed by atoms with Crippen LogP contribution in [0.15, 0.2) is 22.5 Å². The molecule has 3 rings (SSSR count). The summed E-state index contributed by atoms with van der Waals surface area (Å²) in [5.74, 6) is -0.217. The van der Waals surface area contributed by atoms with Crippen LogP contribution < -0.4 is 5.32 Å². The number of thiazole rings is 1. The van der Waals surface area contributed by atoms with Crippen molar-refractivity contribution >= 4 is 54.7 Å². The summed E-state index contributed by atoms with van der Waals surface area (Å²) >= 11 is 2.34. The summed E-state index contributed by atoms with van der Waals surface area (Å²) < 4.78 is 60.9. The van der Waals surface area contributed by atoms with E-state index in [2.05, 4.69) is 10.3 Å². The summed E-state index contributed by atoms with van der Waals surface area (Å²) in [6, 6.07) is 5.13. The molecule has 154 valence electrons. The van der Waals surface area contributed by atoms with E-state index in [1.807, 2.05) is 0 Å². The Bertz CT molecular complexity index is 946. The molecule has 1 fully saturated rings. The minimum Gasteiger partial charge on any atom is -0.325 e. The number of rotatable bonds is 6. The van der Waals surface area contributed by atoms with Crippen molar-refractivity contribution in [3.8, 4) is 0 Å². The number of thioether (sulfide) groups is 1. The highest BCUT2D eigenvalue weighted by Gasteiger charge is 2.26. The van der Waals surface area contributed by atoms with Crippen molar-refractivity contribution in [3.05, 3.63) is 18.2 Å². The Morgan fingerprint density at radius 3 is 2.68 bits per heavy atom. The van der Waals surface area contributed by atoms with Crippen LogP contribution in [-0.2, 0) is 14.6 Å². The van der Waals surface area contributed by atoms with Crippen LogP contribution in [0.2, 0.25) is 0 Å². The molecule has 1 amide bonds. The van der Waals surface area contributed by atoms with E-state index in [4.69, 9.17) is 0 Å². The van der Waals surface area contributed by atoms with Crippen LogP contribution in [0.4, 0.5) is 18.9 Å². The molecule has 0 saturated carbocycles. The summed E-state index contributed by atoms with van der Waals surface area (Å²) in [5.41, 5.74) is 1.23. The maximum atomic E-state index is 12.2. The average molecular weight is 454 g/mol. The van der Waals surface area contributed by atoms with E-state index in [1.165, 1.54) is 11.3 Å². The number of carbonyl (C=O) groups excluding carboxylic acids is 1. The second-order valence-electron chi connectivity index (χ2n) is 6.35. The van der Waals surface area contributed by atoms with E-state index in [0.29, 0.717) is 28.6 Å². The molecule has 0 radical (unpaired) electrons. The zero-order chi connectivity index (χ0) is 20.4. The Hall–Kier alpha value is -1.37. The van der Waals surface area contributed by atoms with E-state index in [1.54, 1.807) is 23.1 Å². The van der Waals surface area contributed by atoms with Gasteiger partial charge in [0.2, 0.25) is 5.91 Å². The predicted octanol–water partition coefficient (Wildman–Crippen LogP) is 3.01. The van der Waals surface area contributed by atoms with Gasteiger partial charge in [-0.05, 0) is 18.2 Å². The number of hydrogen-bond donors (Lipinski definition) is 1. The lowest BCUT2D eigenvalue weighted by molar-refractivity contribution is -0.129. The molecule has 0 aliphatic carbocycles. The fraction of sp³-hybridized carbons (Fsp3) is 0.500. The van der Waals surface area contributed by atoms with Gasteiger partial charge in [-0.15, -0.1) is 11.3 Å². The van der Waals surface area contributed by atoms with E-state index in [-0.39, 0.29) is 29.7 Å². The Labute approximate surface area is 168 Å². The molecule has 2 heterocycles. The molecule has 28 heavy (non-hydrogen) atoms. The van der Waals surface area contributed by atoms with Crippen LogP contribution in [0.5, 0.6) is 0 Å². The van der Waals surface area contributed by atoms with E-state index < -0.39 is 22.4 Å². The van der Waals surface area contributed by atoms with Crippen LogP contribution >= 0.6 is 23.1 Å². The highest BCUT2D eigenvalue weighted by Crippen LogP contribution is 2.33. The topological polar surface area (TPSA) is 79.4 Å². The van der Waals surface area contributed by atoms with Gasteiger partial charge in [-0.25, -0.2) is 13.4 Å². The molecule has 0 spiro atoms. The van der Waals surface area contributed by atoms with Crippen molar-refractivity contribution in [1.82, 2.24) is 9.88 Å². The van der Waals surface area contributed by atoms with Gasteiger partial charge in [-0.2, -0.15) is 13.2 Å². The third-order valence-electron chi connectivity index (χ3n) is 4.07. The van der Waals surface area contributed by atoms with Crippen molar-refractivity contribution in [2.24, 2.45) is 0 Å². The molecule has 0 unspecified atom stereocenters. The molecule has 0 atom stereocenters. The summed E-state index contributed by atoms with van der Waals surface area (Å²) in [6.45, 7) is 0.777. The molecule has 1 aliphatic heterocycles. The number of fused-ring (bicyclic) bond motifs is 1. The number of alkyl halides is 3. The van der Waals surface area contributed by atoms with E-state index >= 15 is 0 Å². The number of amides is 1. The van der Waals surface area contributed by atoms with Crippen molar-refractivity contribution in [2.75, 3.05) is 42.2 Å². The standard InChI is InChI=1S/C16H18F3N3O3S3/c17-16(18,19)3-6-26-15-21-12-2-1-11(9-13(12)27-15)20-14(23)10-22-4-7-28(24,25)8-5-22/h1-2,9H,3-8,10H2,(H,20,23). The van der Waals surface area contributed by atoms with Crippen molar-refractivity contribution in [3.63, 3.8) is 0 Å². The first-order valence-electron chi connectivity index (χ1n) is 8.42. The molecule has 2 aromatic rings. The molecule has 6 nitrogen and oxygen atoms in total. The number of hydrogen-bond acceptors (Lipinski definition) is 7. The van der Waals surface area contributed by atoms with Gasteiger partial charge in [0.1, 0.15) is 0 Å². The molecule has 1 N–H and O–H groups in total. The summed E-state index contributed by atoms with van der Waals surface area (Å²) in [7, 11) is -2.99. The number of nitrogens with one attached hydrogen (secondary N) is 1. The lowest BCUT2D eigenvalue weighted by Gasteiger charge is -2.25. The third kappa shape index (κ3) is 6.33. The number of halogens is 3. The lowest BCUT2D eigenvalue weighted by atomic mass is 10.3. The van der Waals surface area contributed by atoms with Crippen LogP contribution in [-0.4, -0.2) is 67.3 Å². The average Bonchev–Trinajstić information content (AvgIpc) is 2.97. The number of nitrogens with zero attached hydrogens (tertiary/aromatic N) is 2. The van der Waals surface area contributed by atoms with Gasteiger partial charge >= 0.3 is 6.18 Å². The molecular weight excluding hydrogens is 435 g/mol. The number of anilines is 1. The van der Waals surface area contributed by atoms with Gasteiger partial charge in [0.15, 0.2) is 14.2 Å². The van der Waals surface area contributed by atoms with Gasteiger partial charge in [0.25, 0.3) is 0 Å². The second-order valence-corrected chi connectivity index (χ2v) is 11.0. The quantitative estimate of drug-likeness (QED) is 0.678. The van der Waals surface area contributed by atoms with Crippen LogP contribution in [0.1, 0.15) is 6.42 Å². The molecule has 0 bridgehead atoms. The zero-order valence-electron chi connectivity index (χ0n) is 14.7. The summed E-state index contributed by atoms with van der Waals surface area (Å²) in [4.78, 5) is 18.3. The Morgan fingerprint density at radius 2 is 2.00 bits per heavy atom. The number of sulfone groups is 1. The minimum atomic E-state index is -4.18. The maximum Gasteiger partial charge on any atom is 0.389 e. The monoisotopic (exact) mass is 453 g/mol. The molecular formula is C16H18F3N3O3S3. The normalized spacial score (nSPS) is 17.7. The van der Waals surface area contributed by atoms with Gasteiger partial charge in [0.05, 0.1) is 34.7 Å². The maximum absolute atomic E-state index is 12.2. The van der Waals surface area contributed by atoms with Crippen LogP contribution in [0.25, 0.3) is 10.2 Å². The first kappa shape index (κ1) is 21.3. The Balaban J connectivity index is 1.55. The minimum absolute atomic E-state index is 0.0574. The van der Waals surface area contributed by atoms with E-state index in [0.717, 1.165) is 16.5 Å². The van der Waals surface area contributed by atoms with Crippen LogP contribution in [0.3, 0.4) is 0 Å². The molecule has 1 saturated heterocycles. The first-order valence-corrected chi connectivity index (χ1v) is 12.0. The van der Waals surface area contributed by atoms with Gasteiger partial charge in [-0.1, -0.05) is 11.8 Å². The largest absolute Gasteiger partial charge is 0.389 e. The number of aromatic nitrogens is 1. The SMILES string of the molecule is O=C(CN1CCS(=O)(=O)CC1)Nc1ccc2nc(SCCC(F)(F)F)sc2c1. The van der Waals surface area contributed by atoms with Crippen molar-refractivity contribution in [1.29, 1.82) is 0 Å². The first-order chi connectivity index (χ1) is 13.1. The molecule has 12 heteroatoms. The molecule has 1 aromatic heterocycles. The lowest BCUT2D eigenvalue weighted by Crippen LogP contribution is -2.43. The highest BCUT2D eigenvalue weighted by atomic mass is 32.2. The molecule has 1 aliphatic rings. The zero-order valence-corrected chi connectivity index (χ0v) is 17.1. The second kappa shape index (κ2) is 8.56.